The fourth-order valence-corrected chi connectivity index (χ4v) is 2.82. The summed E-state index contributed by atoms with van der Waals surface area (Å²) in [6.07, 6.45) is 1.86. The largest absolute Gasteiger partial charge is 0.252 e. The molecular formula is C21H16N2. The van der Waals surface area contributed by atoms with E-state index in [9.17, 15) is 0 Å². The predicted molar refractivity (Wildman–Crippen MR) is 95.1 cm³/mol. The van der Waals surface area contributed by atoms with Crippen molar-refractivity contribution in [3.63, 3.8) is 0 Å². The van der Waals surface area contributed by atoms with Crippen LogP contribution in [-0.2, 0) is 0 Å². The van der Waals surface area contributed by atoms with Crippen molar-refractivity contribution in [1.82, 2.24) is 9.97 Å². The molecule has 0 bridgehead atoms. The third kappa shape index (κ3) is 2.59. The van der Waals surface area contributed by atoms with Crippen LogP contribution in [0, 0.1) is 6.92 Å². The van der Waals surface area contributed by atoms with E-state index in [2.05, 4.69) is 54.4 Å². The molecule has 110 valence electrons. The van der Waals surface area contributed by atoms with E-state index in [1.165, 1.54) is 16.7 Å². The van der Waals surface area contributed by atoms with Crippen LogP contribution in [0.3, 0.4) is 0 Å². The van der Waals surface area contributed by atoms with Crippen molar-refractivity contribution < 1.29 is 0 Å². The van der Waals surface area contributed by atoms with Gasteiger partial charge in [0.15, 0.2) is 0 Å². The summed E-state index contributed by atoms with van der Waals surface area (Å²) in [6, 6.07) is 24.9. The molecule has 2 nitrogen and oxygen atoms in total. The lowest BCUT2D eigenvalue weighted by molar-refractivity contribution is 1.29. The highest BCUT2D eigenvalue weighted by atomic mass is 14.8. The zero-order valence-corrected chi connectivity index (χ0v) is 12.9. The van der Waals surface area contributed by atoms with Crippen molar-refractivity contribution in [1.29, 1.82) is 0 Å². The highest BCUT2D eigenvalue weighted by molar-refractivity contribution is 5.84. The van der Waals surface area contributed by atoms with E-state index in [0.29, 0.717) is 0 Å². The van der Waals surface area contributed by atoms with E-state index in [1.54, 1.807) is 0 Å². The average molecular weight is 296 g/mol. The van der Waals surface area contributed by atoms with Crippen molar-refractivity contribution in [3.8, 4) is 22.4 Å². The van der Waals surface area contributed by atoms with E-state index >= 15 is 0 Å². The fraction of sp³-hybridized carbons (Fsp3) is 0.0476. The van der Waals surface area contributed by atoms with Crippen LogP contribution in [0.15, 0.2) is 79.0 Å². The molecular weight excluding hydrogens is 280 g/mol. The second-order valence-electron chi connectivity index (χ2n) is 5.66. The monoisotopic (exact) mass is 296 g/mol. The second-order valence-corrected chi connectivity index (χ2v) is 5.66. The maximum Gasteiger partial charge on any atom is 0.0899 e. The molecule has 0 radical (unpaired) electrons. The number of rotatable bonds is 2. The smallest absolute Gasteiger partial charge is 0.0899 e. The number of nitrogens with zero attached hydrogens (tertiary/aromatic N) is 2. The van der Waals surface area contributed by atoms with Crippen molar-refractivity contribution in [2.45, 2.75) is 6.92 Å². The Labute approximate surface area is 135 Å². The van der Waals surface area contributed by atoms with E-state index in [1.807, 2.05) is 36.5 Å². The maximum absolute atomic E-state index is 4.80. The summed E-state index contributed by atoms with van der Waals surface area (Å²) in [6.45, 7) is 2.11. The van der Waals surface area contributed by atoms with Crippen molar-refractivity contribution >= 4 is 11.0 Å². The Morgan fingerprint density at radius 1 is 0.696 bits per heavy atom. The van der Waals surface area contributed by atoms with Gasteiger partial charge in [0.05, 0.1) is 22.9 Å². The highest BCUT2D eigenvalue weighted by Crippen LogP contribution is 2.32. The number of hydrogen-bond acceptors (Lipinski definition) is 2. The van der Waals surface area contributed by atoms with Crippen LogP contribution in [0.4, 0.5) is 0 Å². The van der Waals surface area contributed by atoms with Crippen molar-refractivity contribution in [3.05, 3.63) is 84.6 Å². The lowest BCUT2D eigenvalue weighted by Crippen LogP contribution is -1.92. The van der Waals surface area contributed by atoms with Crippen LogP contribution >= 0.6 is 0 Å². The minimum absolute atomic E-state index is 0.905. The number of aryl methyl sites for hydroxylation is 1. The number of para-hydroxylation sites is 2. The first-order valence-electron chi connectivity index (χ1n) is 7.69. The fourth-order valence-electron chi connectivity index (χ4n) is 2.82. The Balaban J connectivity index is 1.94. The quantitative estimate of drug-likeness (QED) is 0.503. The van der Waals surface area contributed by atoms with Gasteiger partial charge >= 0.3 is 0 Å². The van der Waals surface area contributed by atoms with Gasteiger partial charge < -0.3 is 0 Å². The van der Waals surface area contributed by atoms with E-state index < -0.39 is 0 Å². The third-order valence-electron chi connectivity index (χ3n) is 3.98. The molecule has 3 aromatic carbocycles. The normalized spacial score (nSPS) is 10.8. The number of fused-ring (bicyclic) bond motifs is 1. The molecule has 0 fully saturated rings. The van der Waals surface area contributed by atoms with Crippen LogP contribution < -0.4 is 0 Å². The van der Waals surface area contributed by atoms with Crippen LogP contribution in [0.25, 0.3) is 33.4 Å². The molecule has 0 aliphatic carbocycles. The Morgan fingerprint density at radius 3 is 2.26 bits per heavy atom. The molecule has 4 rings (SSSR count). The summed E-state index contributed by atoms with van der Waals surface area (Å²) in [7, 11) is 0. The van der Waals surface area contributed by atoms with Gasteiger partial charge in [-0.25, -0.2) is 4.98 Å². The highest BCUT2D eigenvalue weighted by Gasteiger charge is 2.10. The first-order chi connectivity index (χ1) is 11.3. The number of aromatic nitrogens is 2. The Morgan fingerprint density at radius 2 is 1.43 bits per heavy atom. The Hall–Kier alpha value is -3.00. The Kier molecular flexibility index (Phi) is 3.35. The summed E-state index contributed by atoms with van der Waals surface area (Å²) >= 11 is 0. The molecule has 0 amide bonds. The molecule has 23 heavy (non-hydrogen) atoms. The minimum Gasteiger partial charge on any atom is -0.252 e. The van der Waals surface area contributed by atoms with Gasteiger partial charge in [0.1, 0.15) is 0 Å². The predicted octanol–water partition coefficient (Wildman–Crippen LogP) is 5.27. The van der Waals surface area contributed by atoms with Gasteiger partial charge in [-0.1, -0.05) is 66.2 Å². The molecule has 0 spiro atoms. The van der Waals surface area contributed by atoms with Gasteiger partial charge in [-0.3, -0.25) is 4.98 Å². The first kappa shape index (κ1) is 13.6. The maximum atomic E-state index is 4.80. The minimum atomic E-state index is 0.905. The Bertz CT molecular complexity index is 975. The molecule has 0 saturated carbocycles. The molecule has 1 aromatic heterocycles. The van der Waals surface area contributed by atoms with Gasteiger partial charge in [-0.15, -0.1) is 0 Å². The molecule has 0 atom stereocenters. The van der Waals surface area contributed by atoms with Gasteiger partial charge in [0.2, 0.25) is 0 Å². The lowest BCUT2D eigenvalue weighted by atomic mass is 9.96. The van der Waals surface area contributed by atoms with E-state index in [4.69, 9.17) is 4.98 Å². The molecule has 2 heteroatoms. The second kappa shape index (κ2) is 5.65. The topological polar surface area (TPSA) is 25.8 Å². The van der Waals surface area contributed by atoms with Crippen molar-refractivity contribution in [2.24, 2.45) is 0 Å². The summed E-state index contributed by atoms with van der Waals surface area (Å²) in [4.78, 5) is 9.35. The van der Waals surface area contributed by atoms with Gasteiger partial charge in [-0.05, 0) is 30.2 Å². The summed E-state index contributed by atoms with van der Waals surface area (Å²) in [5.74, 6) is 0. The van der Waals surface area contributed by atoms with Gasteiger partial charge in [-0.2, -0.15) is 0 Å². The SMILES string of the molecule is Cc1ccc(-c2cnc3ccccc3n2)c(-c2ccccc2)c1. The zero-order chi connectivity index (χ0) is 15.6. The van der Waals surface area contributed by atoms with Crippen LogP contribution in [0.1, 0.15) is 5.56 Å². The molecule has 0 unspecified atom stereocenters. The zero-order valence-electron chi connectivity index (χ0n) is 12.9. The van der Waals surface area contributed by atoms with E-state index in [-0.39, 0.29) is 0 Å². The molecule has 0 aliphatic heterocycles. The van der Waals surface area contributed by atoms with Crippen molar-refractivity contribution in [2.75, 3.05) is 0 Å². The van der Waals surface area contributed by atoms with Crippen LogP contribution in [0.5, 0.6) is 0 Å². The summed E-state index contributed by atoms with van der Waals surface area (Å²) < 4.78 is 0. The molecule has 0 aliphatic rings. The number of hydrogen-bond donors (Lipinski definition) is 0. The number of benzene rings is 3. The summed E-state index contributed by atoms with van der Waals surface area (Å²) in [5, 5.41) is 0. The molecule has 1 heterocycles. The standard InChI is InChI=1S/C21H16N2/c1-15-11-12-17(18(13-15)16-7-3-2-4-8-16)21-14-22-19-9-5-6-10-20(19)23-21/h2-14H,1H3. The first-order valence-corrected chi connectivity index (χ1v) is 7.69. The lowest BCUT2D eigenvalue weighted by Gasteiger charge is -2.11. The average Bonchev–Trinajstić information content (AvgIpc) is 2.62. The van der Waals surface area contributed by atoms with E-state index in [0.717, 1.165) is 22.3 Å². The summed E-state index contributed by atoms with van der Waals surface area (Å²) in [5.41, 5.74) is 7.48. The van der Waals surface area contributed by atoms with Gasteiger partial charge in [0.25, 0.3) is 0 Å². The molecule has 4 aromatic rings. The van der Waals surface area contributed by atoms with Crippen LogP contribution in [0.2, 0.25) is 0 Å². The third-order valence-corrected chi connectivity index (χ3v) is 3.98. The molecule has 0 saturated heterocycles. The van der Waals surface area contributed by atoms with Gasteiger partial charge in [0, 0.05) is 5.56 Å². The molecule has 0 N–H and O–H groups in total. The van der Waals surface area contributed by atoms with Crippen LogP contribution in [-0.4, -0.2) is 9.97 Å².